The van der Waals surface area contributed by atoms with Crippen molar-refractivity contribution in [3.05, 3.63) is 77.2 Å². The summed E-state index contributed by atoms with van der Waals surface area (Å²) >= 11 is 0. The molecule has 26 heavy (non-hydrogen) atoms. The summed E-state index contributed by atoms with van der Waals surface area (Å²) in [5.41, 5.74) is 4.39. The Labute approximate surface area is 153 Å². The number of carbonyl (C=O) groups excluding carboxylic acids is 1. The van der Waals surface area contributed by atoms with Crippen LogP contribution in [-0.2, 0) is 20.7 Å². The van der Waals surface area contributed by atoms with Gasteiger partial charge in [0.05, 0.1) is 13.2 Å². The molecule has 0 saturated carbocycles. The van der Waals surface area contributed by atoms with Crippen molar-refractivity contribution in [2.75, 3.05) is 13.2 Å². The van der Waals surface area contributed by atoms with Crippen molar-refractivity contribution < 1.29 is 14.3 Å². The summed E-state index contributed by atoms with van der Waals surface area (Å²) in [5.74, 6) is -0.206. The summed E-state index contributed by atoms with van der Waals surface area (Å²) in [7, 11) is 0. The smallest absolute Gasteiger partial charge is 0.373 e. The third-order valence-electron chi connectivity index (χ3n) is 4.01. The second-order valence-electron chi connectivity index (χ2n) is 5.97. The fraction of sp³-hybridized carbons (Fsp3) is 0.227. The molecule has 0 radical (unpaired) electrons. The van der Waals surface area contributed by atoms with Crippen molar-refractivity contribution in [1.82, 2.24) is 4.98 Å². The maximum atomic E-state index is 12.0. The van der Waals surface area contributed by atoms with Crippen LogP contribution in [0.5, 0.6) is 0 Å². The molecule has 4 heteroatoms. The van der Waals surface area contributed by atoms with Crippen LogP contribution in [-0.4, -0.2) is 24.2 Å². The van der Waals surface area contributed by atoms with E-state index in [1.54, 1.807) is 13.0 Å². The highest BCUT2D eigenvalue weighted by Crippen LogP contribution is 2.21. The van der Waals surface area contributed by atoms with Gasteiger partial charge in [-0.2, -0.15) is 0 Å². The normalized spacial score (nSPS) is 11.5. The van der Waals surface area contributed by atoms with Crippen LogP contribution in [0.15, 0.2) is 60.4 Å². The quantitative estimate of drug-likeness (QED) is 0.382. The van der Waals surface area contributed by atoms with Gasteiger partial charge < -0.3 is 14.5 Å². The van der Waals surface area contributed by atoms with Crippen LogP contribution in [0.3, 0.4) is 0 Å². The van der Waals surface area contributed by atoms with Crippen molar-refractivity contribution in [2.24, 2.45) is 0 Å². The zero-order valence-electron chi connectivity index (χ0n) is 15.1. The number of rotatable bonds is 7. The van der Waals surface area contributed by atoms with E-state index in [0.717, 1.165) is 28.6 Å². The van der Waals surface area contributed by atoms with Gasteiger partial charge in [-0.1, -0.05) is 36.4 Å². The Morgan fingerprint density at radius 1 is 1.00 bits per heavy atom. The second kappa shape index (κ2) is 8.39. The minimum atomic E-state index is -0.437. The summed E-state index contributed by atoms with van der Waals surface area (Å²) < 4.78 is 10.5. The minimum Gasteiger partial charge on any atom is -0.487 e. The van der Waals surface area contributed by atoms with Crippen LogP contribution in [0.2, 0.25) is 0 Å². The molecule has 0 fully saturated rings. The maximum Gasteiger partial charge on any atom is 0.373 e. The van der Waals surface area contributed by atoms with E-state index < -0.39 is 5.97 Å². The molecule has 4 nitrogen and oxygen atoms in total. The summed E-state index contributed by atoms with van der Waals surface area (Å²) in [6, 6.07) is 18.5. The monoisotopic (exact) mass is 349 g/mol. The molecule has 0 saturated heterocycles. The number of aromatic nitrogens is 1. The van der Waals surface area contributed by atoms with Crippen LogP contribution in [0.1, 0.15) is 30.7 Å². The number of ether oxygens (including phenoxy) is 2. The topological polar surface area (TPSA) is 51.3 Å². The van der Waals surface area contributed by atoms with Crippen molar-refractivity contribution in [3.8, 4) is 0 Å². The lowest BCUT2D eigenvalue weighted by Crippen LogP contribution is -2.10. The Morgan fingerprint density at radius 3 is 2.50 bits per heavy atom. The minimum absolute atomic E-state index is 0.230. The average Bonchev–Trinajstić information content (AvgIpc) is 3.04. The van der Waals surface area contributed by atoms with Crippen molar-refractivity contribution >= 4 is 22.9 Å². The number of fused-ring (bicyclic) bond motifs is 1. The fourth-order valence-electron chi connectivity index (χ4n) is 2.88. The number of carbonyl (C=O) groups is 1. The molecule has 0 spiro atoms. The molecule has 3 rings (SSSR count). The van der Waals surface area contributed by atoms with Gasteiger partial charge in [-0.25, -0.2) is 4.79 Å². The molecule has 0 aliphatic carbocycles. The van der Waals surface area contributed by atoms with Crippen LogP contribution in [0, 0.1) is 0 Å². The average molecular weight is 349 g/mol. The Hall–Kier alpha value is -3.01. The van der Waals surface area contributed by atoms with Gasteiger partial charge in [-0.3, -0.25) is 0 Å². The van der Waals surface area contributed by atoms with Gasteiger partial charge in [0.25, 0.3) is 0 Å². The van der Waals surface area contributed by atoms with Crippen molar-refractivity contribution in [3.63, 3.8) is 0 Å². The zero-order valence-corrected chi connectivity index (χ0v) is 15.1. The molecule has 134 valence electrons. The molecule has 1 aromatic heterocycles. The Kier molecular flexibility index (Phi) is 5.74. The van der Waals surface area contributed by atoms with Crippen LogP contribution in [0.25, 0.3) is 17.0 Å². The van der Waals surface area contributed by atoms with Gasteiger partial charge in [-0.05, 0) is 49.2 Å². The first-order valence-electron chi connectivity index (χ1n) is 8.86. The van der Waals surface area contributed by atoms with Gasteiger partial charge in [0.2, 0.25) is 5.76 Å². The number of esters is 1. The number of nitrogens with one attached hydrogen (secondary N) is 1. The number of H-pyrrole nitrogens is 1. The maximum absolute atomic E-state index is 12.0. The molecule has 0 unspecified atom stereocenters. The van der Waals surface area contributed by atoms with Gasteiger partial charge >= 0.3 is 5.97 Å². The predicted octanol–water partition coefficient (Wildman–Crippen LogP) is 4.70. The Bertz CT molecular complexity index is 910. The van der Waals surface area contributed by atoms with E-state index >= 15 is 0 Å². The first kappa shape index (κ1) is 17.8. The fourth-order valence-corrected chi connectivity index (χ4v) is 2.88. The van der Waals surface area contributed by atoms with Gasteiger partial charge in [0, 0.05) is 23.0 Å². The first-order chi connectivity index (χ1) is 12.7. The van der Waals surface area contributed by atoms with Gasteiger partial charge in [-0.15, -0.1) is 0 Å². The summed E-state index contributed by atoms with van der Waals surface area (Å²) in [5, 5.41) is 1.10. The Morgan fingerprint density at radius 2 is 1.77 bits per heavy atom. The molecule has 2 aromatic carbocycles. The lowest BCUT2D eigenvalue weighted by atomic mass is 10.1. The van der Waals surface area contributed by atoms with E-state index in [1.165, 1.54) is 5.56 Å². The summed E-state index contributed by atoms with van der Waals surface area (Å²) in [4.78, 5) is 15.4. The number of benzene rings is 2. The van der Waals surface area contributed by atoms with E-state index in [1.807, 2.05) is 43.3 Å². The standard InChI is InChI=1S/C22H23NO3/c1-3-25-21(22(24)26-4-2)14-17-10-11-20-18(12-17)15-19(23-20)13-16-8-6-5-7-9-16/h5-12,14-15,23H,3-4,13H2,1-2H3/b21-14-. The molecule has 3 aromatic rings. The number of hydrogen-bond donors (Lipinski definition) is 1. The highest BCUT2D eigenvalue weighted by molar-refractivity contribution is 5.92. The third-order valence-corrected chi connectivity index (χ3v) is 4.01. The third kappa shape index (κ3) is 4.33. The number of aromatic amines is 1. The molecular weight excluding hydrogens is 326 g/mol. The summed E-state index contributed by atoms with van der Waals surface area (Å²) in [6.45, 7) is 4.36. The molecular formula is C22H23NO3. The molecule has 0 amide bonds. The molecule has 0 bridgehead atoms. The molecule has 1 N–H and O–H groups in total. The highest BCUT2D eigenvalue weighted by atomic mass is 16.6. The molecule has 0 atom stereocenters. The molecule has 1 heterocycles. The SMILES string of the molecule is CCOC(=O)/C(=C/c1ccc2[nH]c(Cc3ccccc3)cc2c1)OCC. The lowest BCUT2D eigenvalue weighted by Gasteiger charge is -2.07. The van der Waals surface area contributed by atoms with E-state index in [2.05, 4.69) is 23.2 Å². The first-order valence-corrected chi connectivity index (χ1v) is 8.86. The Balaban J connectivity index is 1.86. The van der Waals surface area contributed by atoms with E-state index in [4.69, 9.17) is 9.47 Å². The molecule has 0 aliphatic rings. The van der Waals surface area contributed by atoms with E-state index in [-0.39, 0.29) is 5.76 Å². The second-order valence-corrected chi connectivity index (χ2v) is 5.97. The van der Waals surface area contributed by atoms with Crippen LogP contribution >= 0.6 is 0 Å². The van der Waals surface area contributed by atoms with Crippen molar-refractivity contribution in [2.45, 2.75) is 20.3 Å². The van der Waals surface area contributed by atoms with Crippen LogP contribution < -0.4 is 0 Å². The highest BCUT2D eigenvalue weighted by Gasteiger charge is 2.12. The lowest BCUT2D eigenvalue weighted by molar-refractivity contribution is -0.142. The van der Waals surface area contributed by atoms with Gasteiger partial charge in [0.1, 0.15) is 0 Å². The van der Waals surface area contributed by atoms with Gasteiger partial charge in [0.15, 0.2) is 0 Å². The summed E-state index contributed by atoms with van der Waals surface area (Å²) in [6.07, 6.45) is 2.58. The predicted molar refractivity (Wildman–Crippen MR) is 104 cm³/mol. The van der Waals surface area contributed by atoms with E-state index in [9.17, 15) is 4.79 Å². The van der Waals surface area contributed by atoms with E-state index in [0.29, 0.717) is 13.2 Å². The largest absolute Gasteiger partial charge is 0.487 e. The van der Waals surface area contributed by atoms with Crippen LogP contribution in [0.4, 0.5) is 0 Å². The van der Waals surface area contributed by atoms with Crippen molar-refractivity contribution in [1.29, 1.82) is 0 Å². The zero-order chi connectivity index (χ0) is 18.4. The number of hydrogen-bond acceptors (Lipinski definition) is 3. The molecule has 0 aliphatic heterocycles.